The fraction of sp³-hybridized carbons (Fsp3) is 0.200. The number of aromatic nitrogens is 2. The Morgan fingerprint density at radius 3 is 2.78 bits per heavy atom. The second kappa shape index (κ2) is 6.63. The number of amidine groups is 1. The van der Waals surface area contributed by atoms with E-state index in [-0.39, 0.29) is 18.1 Å². The second-order valence-electron chi connectivity index (χ2n) is 6.24. The van der Waals surface area contributed by atoms with Crippen LogP contribution < -0.4 is 9.64 Å². The van der Waals surface area contributed by atoms with Gasteiger partial charge in [-0.1, -0.05) is 23.7 Å². The zero-order valence-electron chi connectivity index (χ0n) is 15.0. The van der Waals surface area contributed by atoms with Crippen LogP contribution in [-0.2, 0) is 6.54 Å². The average molecular weight is 383 g/mol. The molecule has 0 atom stereocenters. The van der Waals surface area contributed by atoms with Gasteiger partial charge in [-0.2, -0.15) is 0 Å². The van der Waals surface area contributed by atoms with E-state index in [0.717, 1.165) is 11.0 Å². The fourth-order valence-electron chi connectivity index (χ4n) is 3.48. The van der Waals surface area contributed by atoms with Crippen LogP contribution in [0, 0.1) is 5.41 Å². The Labute approximate surface area is 161 Å². The molecule has 0 amide bonds. The molecule has 2 aromatic carbocycles. The number of para-hydroxylation sites is 2. The van der Waals surface area contributed by atoms with E-state index in [2.05, 4.69) is 4.98 Å². The molecule has 0 fully saturated rings. The minimum absolute atomic E-state index is 0.104. The molecule has 1 aromatic heterocycles. The average Bonchev–Trinajstić information content (AvgIpc) is 3.17. The molecule has 0 unspecified atom stereocenters. The summed E-state index contributed by atoms with van der Waals surface area (Å²) in [6.07, 6.45) is 0. The Balaban J connectivity index is 1.82. The van der Waals surface area contributed by atoms with Gasteiger partial charge in [-0.15, -0.1) is 0 Å². The maximum absolute atomic E-state index is 10.7. The van der Waals surface area contributed by atoms with Crippen LogP contribution in [0.1, 0.15) is 12.7 Å². The first-order valence-corrected chi connectivity index (χ1v) is 9.00. The van der Waals surface area contributed by atoms with Gasteiger partial charge < -0.3 is 19.3 Å². The van der Waals surface area contributed by atoms with Gasteiger partial charge in [-0.25, -0.2) is 4.98 Å². The van der Waals surface area contributed by atoms with Crippen molar-refractivity contribution < 1.29 is 9.84 Å². The molecule has 2 heterocycles. The molecule has 0 aliphatic carbocycles. The van der Waals surface area contributed by atoms with E-state index in [1.54, 1.807) is 30.2 Å². The summed E-state index contributed by atoms with van der Waals surface area (Å²) in [6, 6.07) is 13.0. The molecule has 4 rings (SSSR count). The number of aliphatic hydroxyl groups excluding tert-OH is 1. The molecule has 7 heteroatoms. The van der Waals surface area contributed by atoms with Gasteiger partial charge in [0.25, 0.3) is 0 Å². The van der Waals surface area contributed by atoms with Crippen molar-refractivity contribution in [2.75, 3.05) is 18.6 Å². The van der Waals surface area contributed by atoms with E-state index < -0.39 is 0 Å². The number of rotatable bonds is 4. The molecule has 138 valence electrons. The van der Waals surface area contributed by atoms with Crippen LogP contribution in [-0.4, -0.2) is 34.1 Å². The number of anilines is 1. The second-order valence-corrected chi connectivity index (χ2v) is 6.68. The molecule has 6 nitrogen and oxygen atoms in total. The largest absolute Gasteiger partial charge is 0.509 e. The Bertz CT molecular complexity index is 1090. The molecule has 1 aliphatic rings. The number of hydrogen-bond acceptors (Lipinski definition) is 4. The van der Waals surface area contributed by atoms with E-state index in [0.29, 0.717) is 34.4 Å². The first-order valence-electron chi connectivity index (χ1n) is 8.63. The smallest absolute Gasteiger partial charge is 0.148 e. The van der Waals surface area contributed by atoms with Crippen LogP contribution in [0.2, 0.25) is 5.02 Å². The van der Waals surface area contributed by atoms with Crippen molar-refractivity contribution in [2.45, 2.75) is 13.5 Å². The Morgan fingerprint density at radius 2 is 2.04 bits per heavy atom. The van der Waals surface area contributed by atoms with Crippen molar-refractivity contribution in [2.24, 2.45) is 0 Å². The molecule has 0 saturated heterocycles. The fourth-order valence-corrected chi connectivity index (χ4v) is 3.65. The SMILES string of the molecule is CCn1c(C2=C(O)CN(c3cc(Cl)ccc3OC)C2=N)nc2ccccc21. The number of nitrogens with one attached hydrogen (secondary N) is 1. The van der Waals surface area contributed by atoms with Gasteiger partial charge in [-0.3, -0.25) is 5.41 Å². The zero-order chi connectivity index (χ0) is 19.1. The standard InChI is InChI=1S/C20H19ClN4O2/c1-3-24-14-7-5-4-6-13(14)23-20(24)18-16(26)11-25(19(18)22)15-10-12(21)8-9-17(15)27-2/h4-10,22,26H,3,11H2,1-2H3. The molecule has 27 heavy (non-hydrogen) atoms. The quantitative estimate of drug-likeness (QED) is 0.697. The minimum Gasteiger partial charge on any atom is -0.509 e. The lowest BCUT2D eigenvalue weighted by atomic mass is 10.2. The van der Waals surface area contributed by atoms with Gasteiger partial charge >= 0.3 is 0 Å². The van der Waals surface area contributed by atoms with Crippen molar-refractivity contribution in [1.82, 2.24) is 9.55 Å². The molecule has 0 spiro atoms. The third kappa shape index (κ3) is 2.73. The van der Waals surface area contributed by atoms with Crippen LogP contribution in [0.3, 0.4) is 0 Å². The summed E-state index contributed by atoms with van der Waals surface area (Å²) in [5.41, 5.74) is 2.87. The first kappa shape index (κ1) is 17.4. The number of benzene rings is 2. The molecule has 3 aromatic rings. The highest BCUT2D eigenvalue weighted by Crippen LogP contribution is 2.38. The zero-order valence-corrected chi connectivity index (χ0v) is 15.8. The normalized spacial score (nSPS) is 14.5. The van der Waals surface area contributed by atoms with Gasteiger partial charge in [0.15, 0.2) is 0 Å². The van der Waals surface area contributed by atoms with Gasteiger partial charge in [0, 0.05) is 11.6 Å². The first-order chi connectivity index (χ1) is 13.0. The highest BCUT2D eigenvalue weighted by molar-refractivity contribution is 6.33. The van der Waals surface area contributed by atoms with Gasteiger partial charge in [0.1, 0.15) is 23.2 Å². The van der Waals surface area contributed by atoms with E-state index >= 15 is 0 Å². The predicted octanol–water partition coefficient (Wildman–Crippen LogP) is 4.48. The van der Waals surface area contributed by atoms with Crippen LogP contribution in [0.15, 0.2) is 48.2 Å². The van der Waals surface area contributed by atoms with Gasteiger partial charge in [0.2, 0.25) is 0 Å². The third-order valence-corrected chi connectivity index (χ3v) is 4.96. The summed E-state index contributed by atoms with van der Waals surface area (Å²) >= 11 is 6.15. The van der Waals surface area contributed by atoms with Crippen molar-refractivity contribution >= 4 is 39.7 Å². The highest BCUT2D eigenvalue weighted by Gasteiger charge is 2.34. The monoisotopic (exact) mass is 382 g/mol. The van der Waals surface area contributed by atoms with Crippen molar-refractivity contribution in [3.05, 3.63) is 59.1 Å². The van der Waals surface area contributed by atoms with Crippen molar-refractivity contribution in [3.8, 4) is 5.75 Å². The summed E-state index contributed by atoms with van der Waals surface area (Å²) in [6.45, 7) is 2.86. The summed E-state index contributed by atoms with van der Waals surface area (Å²) in [5, 5.41) is 19.9. The minimum atomic E-state index is 0.104. The van der Waals surface area contributed by atoms with E-state index in [1.807, 2.05) is 35.8 Å². The van der Waals surface area contributed by atoms with Crippen LogP contribution in [0.25, 0.3) is 16.6 Å². The van der Waals surface area contributed by atoms with E-state index in [1.165, 1.54) is 0 Å². The number of imidazole rings is 1. The number of methoxy groups -OCH3 is 1. The lowest BCUT2D eigenvalue weighted by Crippen LogP contribution is -2.27. The van der Waals surface area contributed by atoms with Crippen LogP contribution in [0.5, 0.6) is 5.75 Å². The van der Waals surface area contributed by atoms with Crippen molar-refractivity contribution in [3.63, 3.8) is 0 Å². The third-order valence-electron chi connectivity index (χ3n) is 4.73. The summed E-state index contributed by atoms with van der Waals surface area (Å²) < 4.78 is 7.42. The van der Waals surface area contributed by atoms with Crippen LogP contribution in [0.4, 0.5) is 5.69 Å². The Morgan fingerprint density at radius 1 is 1.26 bits per heavy atom. The molecule has 1 aliphatic heterocycles. The molecule has 0 bridgehead atoms. The van der Waals surface area contributed by atoms with E-state index in [9.17, 15) is 5.11 Å². The molecule has 0 radical (unpaired) electrons. The summed E-state index contributed by atoms with van der Waals surface area (Å²) in [7, 11) is 1.57. The summed E-state index contributed by atoms with van der Waals surface area (Å²) in [4.78, 5) is 6.35. The number of hydrogen-bond donors (Lipinski definition) is 2. The number of halogens is 1. The number of ether oxygens (including phenoxy) is 1. The predicted molar refractivity (Wildman–Crippen MR) is 108 cm³/mol. The maximum Gasteiger partial charge on any atom is 0.148 e. The molecular weight excluding hydrogens is 364 g/mol. The highest BCUT2D eigenvalue weighted by atomic mass is 35.5. The molecular formula is C20H19ClN4O2. The number of aryl methyl sites for hydroxylation is 1. The van der Waals surface area contributed by atoms with Crippen LogP contribution >= 0.6 is 11.6 Å². The Kier molecular flexibility index (Phi) is 4.28. The Hall–Kier alpha value is -2.99. The lowest BCUT2D eigenvalue weighted by Gasteiger charge is -2.21. The number of nitrogens with zero attached hydrogens (tertiary/aromatic N) is 3. The molecule has 0 saturated carbocycles. The number of aliphatic hydroxyl groups is 1. The maximum atomic E-state index is 10.7. The number of fused-ring (bicyclic) bond motifs is 1. The van der Waals surface area contributed by atoms with Crippen molar-refractivity contribution in [1.29, 1.82) is 5.41 Å². The van der Waals surface area contributed by atoms with Gasteiger partial charge in [0.05, 0.1) is 35.9 Å². The lowest BCUT2D eigenvalue weighted by molar-refractivity contribution is 0.406. The van der Waals surface area contributed by atoms with E-state index in [4.69, 9.17) is 21.7 Å². The van der Waals surface area contributed by atoms with Gasteiger partial charge in [-0.05, 0) is 37.3 Å². The summed E-state index contributed by atoms with van der Waals surface area (Å²) in [5.74, 6) is 1.44. The topological polar surface area (TPSA) is 74.4 Å². The molecule has 2 N–H and O–H groups in total.